The molecule has 1 unspecified atom stereocenters. The quantitative estimate of drug-likeness (QED) is 0.699. The molecule has 0 spiro atoms. The molecule has 1 fully saturated rings. The Morgan fingerprint density at radius 2 is 1.93 bits per heavy atom. The zero-order valence-corrected chi connectivity index (χ0v) is 9.75. The summed E-state index contributed by atoms with van der Waals surface area (Å²) in [6.45, 7) is 0. The fraction of sp³-hybridized carbons (Fsp3) is 0.857. The van der Waals surface area contributed by atoms with E-state index in [0.717, 1.165) is 18.8 Å². The van der Waals surface area contributed by atoms with Crippen molar-refractivity contribution in [2.75, 3.05) is 0 Å². The molecule has 15 heavy (non-hydrogen) atoms. The lowest BCUT2D eigenvalue weighted by molar-refractivity contribution is 0.141. The summed E-state index contributed by atoms with van der Waals surface area (Å²) < 4.78 is 0. The van der Waals surface area contributed by atoms with Crippen LogP contribution in [0.4, 0.5) is 0 Å². The summed E-state index contributed by atoms with van der Waals surface area (Å²) >= 11 is 0. The highest BCUT2D eigenvalue weighted by atomic mass is 16.3. The molecule has 2 aliphatic rings. The maximum absolute atomic E-state index is 10.2. The molecular weight excluding hydrogens is 184 g/mol. The monoisotopic (exact) mass is 208 g/mol. The standard InChI is InChI=1S/C14H24O/c15-14(11-12-7-6-8-12)13-9-4-2-1-3-5-10-13/h9,12,14-15H,1-8,10-11H2. The van der Waals surface area contributed by atoms with Crippen LogP contribution >= 0.6 is 0 Å². The Morgan fingerprint density at radius 1 is 1.13 bits per heavy atom. The summed E-state index contributed by atoms with van der Waals surface area (Å²) in [5.41, 5.74) is 1.35. The van der Waals surface area contributed by atoms with Crippen molar-refractivity contribution >= 4 is 0 Å². The lowest BCUT2D eigenvalue weighted by atomic mass is 9.79. The first-order valence-corrected chi connectivity index (χ1v) is 6.73. The van der Waals surface area contributed by atoms with E-state index in [4.69, 9.17) is 0 Å². The highest BCUT2D eigenvalue weighted by molar-refractivity contribution is 5.09. The molecule has 1 N–H and O–H groups in total. The molecule has 0 amide bonds. The Morgan fingerprint density at radius 3 is 2.67 bits per heavy atom. The van der Waals surface area contributed by atoms with E-state index in [0.29, 0.717) is 0 Å². The predicted octanol–water partition coefficient (Wildman–Crippen LogP) is 3.82. The molecule has 0 radical (unpaired) electrons. The molecule has 2 rings (SSSR count). The van der Waals surface area contributed by atoms with Crippen LogP contribution in [0, 0.1) is 5.92 Å². The van der Waals surface area contributed by atoms with Gasteiger partial charge >= 0.3 is 0 Å². The molecule has 86 valence electrons. The van der Waals surface area contributed by atoms with E-state index in [9.17, 15) is 5.11 Å². The van der Waals surface area contributed by atoms with Gasteiger partial charge in [0.2, 0.25) is 0 Å². The molecule has 0 aromatic rings. The van der Waals surface area contributed by atoms with Gasteiger partial charge in [-0.05, 0) is 43.6 Å². The molecule has 1 heteroatoms. The second-order valence-electron chi connectivity index (χ2n) is 5.28. The van der Waals surface area contributed by atoms with Crippen molar-refractivity contribution in [1.29, 1.82) is 0 Å². The zero-order chi connectivity index (χ0) is 10.5. The van der Waals surface area contributed by atoms with Crippen LogP contribution < -0.4 is 0 Å². The van der Waals surface area contributed by atoms with Crippen LogP contribution in [0.2, 0.25) is 0 Å². The third kappa shape index (κ3) is 3.34. The fourth-order valence-electron chi connectivity index (χ4n) is 2.71. The van der Waals surface area contributed by atoms with E-state index >= 15 is 0 Å². The third-order valence-electron chi connectivity index (χ3n) is 4.04. The SMILES string of the molecule is OC(CC1CCC1)C1=CCCCCCC1. The second-order valence-corrected chi connectivity index (χ2v) is 5.28. The molecular formula is C14H24O. The van der Waals surface area contributed by atoms with Gasteiger partial charge in [0, 0.05) is 0 Å². The third-order valence-corrected chi connectivity index (χ3v) is 4.04. The van der Waals surface area contributed by atoms with Gasteiger partial charge in [-0.1, -0.05) is 38.2 Å². The van der Waals surface area contributed by atoms with Crippen LogP contribution in [-0.2, 0) is 0 Å². The predicted molar refractivity (Wildman–Crippen MR) is 63.7 cm³/mol. The number of hydrogen-bond acceptors (Lipinski definition) is 1. The van der Waals surface area contributed by atoms with Gasteiger partial charge in [0.1, 0.15) is 0 Å². The molecule has 1 saturated carbocycles. The Bertz CT molecular complexity index is 215. The molecule has 2 aliphatic carbocycles. The van der Waals surface area contributed by atoms with Gasteiger partial charge in [-0.15, -0.1) is 0 Å². The van der Waals surface area contributed by atoms with Crippen LogP contribution in [0.1, 0.15) is 64.2 Å². The summed E-state index contributed by atoms with van der Waals surface area (Å²) in [6.07, 6.45) is 15.0. The lowest BCUT2D eigenvalue weighted by Gasteiger charge is -2.29. The molecule has 0 heterocycles. The minimum absolute atomic E-state index is 0.117. The summed E-state index contributed by atoms with van der Waals surface area (Å²) in [4.78, 5) is 0. The largest absolute Gasteiger partial charge is 0.389 e. The van der Waals surface area contributed by atoms with Crippen LogP contribution in [0.15, 0.2) is 11.6 Å². The maximum atomic E-state index is 10.2. The Hall–Kier alpha value is -0.300. The van der Waals surface area contributed by atoms with Crippen molar-refractivity contribution in [3.8, 4) is 0 Å². The Kier molecular flexibility index (Phi) is 4.25. The minimum atomic E-state index is -0.117. The van der Waals surface area contributed by atoms with E-state index in [-0.39, 0.29) is 6.10 Å². The van der Waals surface area contributed by atoms with E-state index in [2.05, 4.69) is 6.08 Å². The molecule has 0 aromatic carbocycles. The van der Waals surface area contributed by atoms with Gasteiger partial charge in [0.15, 0.2) is 0 Å². The highest BCUT2D eigenvalue weighted by Gasteiger charge is 2.22. The Balaban J connectivity index is 1.82. The van der Waals surface area contributed by atoms with Crippen LogP contribution in [0.25, 0.3) is 0 Å². The number of hydrogen-bond donors (Lipinski definition) is 1. The second kappa shape index (κ2) is 5.69. The number of allylic oxidation sites excluding steroid dienone is 1. The van der Waals surface area contributed by atoms with Crippen molar-refractivity contribution in [3.63, 3.8) is 0 Å². The van der Waals surface area contributed by atoms with Crippen LogP contribution in [-0.4, -0.2) is 11.2 Å². The van der Waals surface area contributed by atoms with Gasteiger partial charge in [0.25, 0.3) is 0 Å². The summed E-state index contributed by atoms with van der Waals surface area (Å²) in [5.74, 6) is 0.825. The van der Waals surface area contributed by atoms with Crippen molar-refractivity contribution in [2.24, 2.45) is 5.92 Å². The van der Waals surface area contributed by atoms with Gasteiger partial charge < -0.3 is 5.11 Å². The number of aliphatic hydroxyl groups excluding tert-OH is 1. The van der Waals surface area contributed by atoms with Gasteiger partial charge in [-0.3, -0.25) is 0 Å². The van der Waals surface area contributed by atoms with Crippen molar-refractivity contribution in [1.82, 2.24) is 0 Å². The van der Waals surface area contributed by atoms with Gasteiger partial charge in [0.05, 0.1) is 6.10 Å². The maximum Gasteiger partial charge on any atom is 0.0752 e. The molecule has 0 aliphatic heterocycles. The van der Waals surface area contributed by atoms with Crippen molar-refractivity contribution < 1.29 is 5.11 Å². The van der Waals surface area contributed by atoms with Crippen molar-refractivity contribution in [3.05, 3.63) is 11.6 Å². The first-order valence-electron chi connectivity index (χ1n) is 6.73. The van der Waals surface area contributed by atoms with E-state index < -0.39 is 0 Å². The first-order chi connectivity index (χ1) is 7.36. The van der Waals surface area contributed by atoms with Gasteiger partial charge in [-0.2, -0.15) is 0 Å². The normalized spacial score (nSPS) is 26.1. The minimum Gasteiger partial charge on any atom is -0.389 e. The molecule has 0 saturated heterocycles. The molecule has 0 aromatic heterocycles. The highest BCUT2D eigenvalue weighted by Crippen LogP contribution is 2.33. The van der Waals surface area contributed by atoms with E-state index in [1.807, 2.05) is 0 Å². The number of rotatable bonds is 3. The van der Waals surface area contributed by atoms with Crippen LogP contribution in [0.5, 0.6) is 0 Å². The number of aliphatic hydroxyl groups is 1. The average Bonchev–Trinajstić information content (AvgIpc) is 2.10. The smallest absolute Gasteiger partial charge is 0.0752 e. The van der Waals surface area contributed by atoms with Crippen molar-refractivity contribution in [2.45, 2.75) is 70.3 Å². The molecule has 0 bridgehead atoms. The van der Waals surface area contributed by atoms with Crippen LogP contribution in [0.3, 0.4) is 0 Å². The van der Waals surface area contributed by atoms with E-state index in [1.165, 1.54) is 56.9 Å². The van der Waals surface area contributed by atoms with E-state index in [1.54, 1.807) is 0 Å². The summed E-state index contributed by atoms with van der Waals surface area (Å²) in [6, 6.07) is 0. The summed E-state index contributed by atoms with van der Waals surface area (Å²) in [5, 5.41) is 10.2. The molecule has 1 atom stereocenters. The lowest BCUT2D eigenvalue weighted by Crippen LogP contribution is -2.21. The Labute approximate surface area is 93.6 Å². The van der Waals surface area contributed by atoms with Gasteiger partial charge in [-0.25, -0.2) is 0 Å². The molecule has 1 nitrogen and oxygen atoms in total. The fourth-order valence-corrected chi connectivity index (χ4v) is 2.71. The average molecular weight is 208 g/mol. The summed E-state index contributed by atoms with van der Waals surface area (Å²) in [7, 11) is 0. The first kappa shape index (κ1) is 11.2. The topological polar surface area (TPSA) is 20.2 Å². The zero-order valence-electron chi connectivity index (χ0n) is 9.75.